The Kier molecular flexibility index (Phi) is 5.07. The summed E-state index contributed by atoms with van der Waals surface area (Å²) in [6.45, 7) is 9.08. The summed E-state index contributed by atoms with van der Waals surface area (Å²) in [6, 6.07) is 26.3. The van der Waals surface area contributed by atoms with E-state index in [0.717, 1.165) is 0 Å². The molecule has 1 heteroatoms. The SMILES string of the molecule is Cc1cc(C)c(P(C)[C-](c2ccccc2)c2ccccc2)c(C)c1. The lowest BCUT2D eigenvalue weighted by Gasteiger charge is -2.34. The maximum atomic E-state index is 2.40. The van der Waals surface area contributed by atoms with Gasteiger partial charge in [-0.05, 0) is 43.9 Å². The molecule has 1 unspecified atom stereocenters. The van der Waals surface area contributed by atoms with Crippen LogP contribution in [0, 0.1) is 26.4 Å². The minimum absolute atomic E-state index is 0.429. The van der Waals surface area contributed by atoms with Gasteiger partial charge in [0.1, 0.15) is 0 Å². The monoisotopic (exact) mass is 331 g/mol. The van der Waals surface area contributed by atoms with Crippen molar-refractivity contribution in [3.8, 4) is 0 Å². The van der Waals surface area contributed by atoms with Crippen LogP contribution in [-0.4, -0.2) is 6.66 Å². The van der Waals surface area contributed by atoms with Crippen molar-refractivity contribution in [2.45, 2.75) is 20.8 Å². The van der Waals surface area contributed by atoms with Crippen LogP contribution in [0.4, 0.5) is 0 Å². The molecule has 0 saturated carbocycles. The first-order chi connectivity index (χ1) is 11.6. The Morgan fingerprint density at radius 1 is 0.667 bits per heavy atom. The molecular formula is C23H24P-. The van der Waals surface area contributed by atoms with Crippen molar-refractivity contribution in [2.24, 2.45) is 0 Å². The van der Waals surface area contributed by atoms with Crippen molar-refractivity contribution < 1.29 is 0 Å². The van der Waals surface area contributed by atoms with Gasteiger partial charge in [-0.15, -0.1) is 35.4 Å². The number of rotatable bonds is 4. The molecular weight excluding hydrogens is 307 g/mol. The van der Waals surface area contributed by atoms with Crippen LogP contribution in [0.2, 0.25) is 0 Å². The van der Waals surface area contributed by atoms with Gasteiger partial charge in [0.2, 0.25) is 0 Å². The van der Waals surface area contributed by atoms with Gasteiger partial charge >= 0.3 is 0 Å². The van der Waals surface area contributed by atoms with Crippen molar-refractivity contribution in [2.75, 3.05) is 6.66 Å². The normalized spacial score (nSPS) is 12.0. The van der Waals surface area contributed by atoms with Gasteiger partial charge in [0.25, 0.3) is 0 Å². The van der Waals surface area contributed by atoms with Crippen molar-refractivity contribution in [3.05, 3.63) is 106 Å². The highest BCUT2D eigenvalue weighted by Gasteiger charge is 2.20. The Bertz CT molecular complexity index is 743. The number of hydrogen-bond acceptors (Lipinski definition) is 0. The molecule has 122 valence electrons. The van der Waals surface area contributed by atoms with Gasteiger partial charge < -0.3 is 0 Å². The molecule has 0 aliphatic rings. The van der Waals surface area contributed by atoms with E-state index < -0.39 is 7.92 Å². The van der Waals surface area contributed by atoms with E-state index in [0.29, 0.717) is 0 Å². The van der Waals surface area contributed by atoms with Crippen molar-refractivity contribution >= 4 is 13.2 Å². The molecule has 0 heterocycles. The summed E-state index contributed by atoms with van der Waals surface area (Å²) in [4.78, 5) is 0. The van der Waals surface area contributed by atoms with E-state index in [1.165, 1.54) is 38.8 Å². The Morgan fingerprint density at radius 2 is 1.08 bits per heavy atom. The third kappa shape index (κ3) is 3.40. The predicted molar refractivity (Wildman–Crippen MR) is 107 cm³/mol. The highest BCUT2D eigenvalue weighted by molar-refractivity contribution is 7.68. The molecule has 0 saturated heterocycles. The molecule has 3 rings (SSSR count). The fourth-order valence-electron chi connectivity index (χ4n) is 3.56. The van der Waals surface area contributed by atoms with Crippen molar-refractivity contribution in [1.29, 1.82) is 0 Å². The zero-order valence-electron chi connectivity index (χ0n) is 14.9. The molecule has 24 heavy (non-hydrogen) atoms. The lowest BCUT2D eigenvalue weighted by atomic mass is 10.0. The second-order valence-electron chi connectivity index (χ2n) is 6.39. The Labute approximate surface area is 147 Å². The molecule has 0 amide bonds. The van der Waals surface area contributed by atoms with E-state index in [1.807, 2.05) is 0 Å². The maximum Gasteiger partial charge on any atom is -0.0212 e. The summed E-state index contributed by atoms with van der Waals surface area (Å²) < 4.78 is 0. The highest BCUT2D eigenvalue weighted by atomic mass is 31.1. The van der Waals surface area contributed by atoms with Crippen LogP contribution in [0.25, 0.3) is 0 Å². The Morgan fingerprint density at radius 3 is 1.50 bits per heavy atom. The van der Waals surface area contributed by atoms with Crippen LogP contribution in [0.1, 0.15) is 27.8 Å². The standard InChI is InChI=1S/C23H24P/c1-17-15-18(2)22(19(3)16-17)24(4)23(20-11-7-5-8-12-20)21-13-9-6-10-14-21/h5-16H,1-4H3/q-1. The fourth-order valence-corrected chi connectivity index (χ4v) is 6.04. The maximum absolute atomic E-state index is 2.40. The summed E-state index contributed by atoms with van der Waals surface area (Å²) in [5.41, 5.74) is 8.28. The van der Waals surface area contributed by atoms with E-state index >= 15 is 0 Å². The van der Waals surface area contributed by atoms with E-state index in [9.17, 15) is 0 Å². The largest absolute Gasteiger partial charge is 0.118 e. The molecule has 0 bridgehead atoms. The molecule has 0 aromatic heterocycles. The second kappa shape index (κ2) is 7.24. The molecule has 3 aromatic carbocycles. The molecule has 0 N–H and O–H groups in total. The third-order valence-electron chi connectivity index (χ3n) is 4.40. The van der Waals surface area contributed by atoms with Gasteiger partial charge in [0.05, 0.1) is 0 Å². The second-order valence-corrected chi connectivity index (χ2v) is 8.40. The first-order valence-corrected chi connectivity index (χ1v) is 10.2. The van der Waals surface area contributed by atoms with Gasteiger partial charge in [-0.2, -0.15) is 0 Å². The lowest BCUT2D eigenvalue weighted by Crippen LogP contribution is -2.15. The van der Waals surface area contributed by atoms with Crippen molar-refractivity contribution in [3.63, 3.8) is 0 Å². The summed E-state index contributed by atoms with van der Waals surface area (Å²) >= 11 is 0. The van der Waals surface area contributed by atoms with Crippen LogP contribution in [-0.2, 0) is 0 Å². The third-order valence-corrected chi connectivity index (χ3v) is 6.96. The first-order valence-electron chi connectivity index (χ1n) is 8.37. The van der Waals surface area contributed by atoms with Crippen molar-refractivity contribution in [1.82, 2.24) is 0 Å². The zero-order chi connectivity index (χ0) is 17.1. The van der Waals surface area contributed by atoms with Crippen LogP contribution >= 0.6 is 7.92 Å². The molecule has 1 atom stereocenters. The molecule has 0 radical (unpaired) electrons. The van der Waals surface area contributed by atoms with E-state index in [1.54, 1.807) is 0 Å². The highest BCUT2D eigenvalue weighted by Crippen LogP contribution is 2.51. The van der Waals surface area contributed by atoms with Gasteiger partial charge in [-0.25, -0.2) is 0 Å². The number of aryl methyl sites for hydroxylation is 3. The summed E-state index contributed by atoms with van der Waals surface area (Å²) in [7, 11) is -0.429. The van der Waals surface area contributed by atoms with Crippen LogP contribution < -0.4 is 5.30 Å². The molecule has 0 spiro atoms. The number of benzene rings is 3. The molecule has 0 aliphatic carbocycles. The fraction of sp³-hybridized carbons (Fsp3) is 0.174. The van der Waals surface area contributed by atoms with Crippen LogP contribution in [0.5, 0.6) is 0 Å². The minimum atomic E-state index is -0.429. The average Bonchev–Trinajstić information content (AvgIpc) is 2.56. The van der Waals surface area contributed by atoms with E-state index in [4.69, 9.17) is 0 Å². The van der Waals surface area contributed by atoms with E-state index in [2.05, 4.69) is 100 Å². The molecule has 0 fully saturated rings. The zero-order valence-corrected chi connectivity index (χ0v) is 15.8. The van der Waals surface area contributed by atoms with Gasteiger partial charge in [0.15, 0.2) is 0 Å². The van der Waals surface area contributed by atoms with Crippen LogP contribution in [0.15, 0.2) is 72.8 Å². The van der Waals surface area contributed by atoms with E-state index in [-0.39, 0.29) is 0 Å². The quantitative estimate of drug-likeness (QED) is 0.408. The number of hydrogen-bond donors (Lipinski definition) is 0. The molecule has 3 aromatic rings. The smallest absolute Gasteiger partial charge is 0.0212 e. The first kappa shape index (κ1) is 16.8. The predicted octanol–water partition coefficient (Wildman–Crippen LogP) is 5.98. The van der Waals surface area contributed by atoms with Gasteiger partial charge in [-0.3, -0.25) is 0 Å². The molecule has 0 nitrogen and oxygen atoms in total. The minimum Gasteiger partial charge on any atom is -0.118 e. The lowest BCUT2D eigenvalue weighted by molar-refractivity contribution is 1.34. The van der Waals surface area contributed by atoms with Crippen LogP contribution in [0.3, 0.4) is 0 Å². The Hall–Kier alpha value is -2.04. The summed E-state index contributed by atoms with van der Waals surface area (Å²) in [6.07, 6.45) is 0. The van der Waals surface area contributed by atoms with Gasteiger partial charge in [-0.1, -0.05) is 67.7 Å². The summed E-state index contributed by atoms with van der Waals surface area (Å²) in [5, 5.41) is 1.51. The van der Waals surface area contributed by atoms with Gasteiger partial charge in [0, 0.05) is 0 Å². The Balaban J connectivity index is 2.13. The average molecular weight is 331 g/mol. The molecule has 0 aliphatic heterocycles. The topological polar surface area (TPSA) is 0 Å². The summed E-state index contributed by atoms with van der Waals surface area (Å²) in [5.74, 6) is 0.